The van der Waals surface area contributed by atoms with E-state index < -0.39 is 0 Å². The Morgan fingerprint density at radius 1 is 1.00 bits per heavy atom. The minimum absolute atomic E-state index is 0.264. The van der Waals surface area contributed by atoms with Crippen molar-refractivity contribution in [2.45, 2.75) is 54.0 Å². The highest BCUT2D eigenvalue weighted by atomic mass is 16.5. The van der Waals surface area contributed by atoms with Crippen LogP contribution in [0.2, 0.25) is 0 Å². The summed E-state index contributed by atoms with van der Waals surface area (Å²) in [5.41, 5.74) is 5.50. The first-order valence-corrected chi connectivity index (χ1v) is 10.1. The molecule has 0 atom stereocenters. The summed E-state index contributed by atoms with van der Waals surface area (Å²) >= 11 is 0. The van der Waals surface area contributed by atoms with E-state index in [9.17, 15) is 10.2 Å². The van der Waals surface area contributed by atoms with E-state index in [1.807, 2.05) is 40.8 Å². The van der Waals surface area contributed by atoms with Crippen molar-refractivity contribution < 1.29 is 19.7 Å². The lowest BCUT2D eigenvalue weighted by Crippen LogP contribution is -2.25. The Bertz CT molecular complexity index is 874. The number of benzene rings is 2. The standard InChI is InChI=1S/C24H35NO4/c1-14(2)19-12-21(26)15(3)11-22(19)29-10-9-25(7)13-20-18(6)23(27)16(4)17(5)24(20)28-8/h11-12,14,26-27H,9-10,13H2,1-8H3. The molecule has 0 spiro atoms. The van der Waals surface area contributed by atoms with Gasteiger partial charge in [-0.3, -0.25) is 4.90 Å². The number of aromatic hydroxyl groups is 2. The summed E-state index contributed by atoms with van der Waals surface area (Å²) in [6.45, 7) is 13.8. The third-order valence-corrected chi connectivity index (χ3v) is 5.65. The molecule has 0 unspecified atom stereocenters. The summed E-state index contributed by atoms with van der Waals surface area (Å²) in [6, 6.07) is 3.70. The molecule has 0 saturated heterocycles. The molecule has 160 valence electrons. The molecule has 0 aromatic heterocycles. The zero-order chi connectivity index (χ0) is 21.9. The average molecular weight is 402 g/mol. The summed E-state index contributed by atoms with van der Waals surface area (Å²) < 4.78 is 11.7. The van der Waals surface area contributed by atoms with E-state index in [0.29, 0.717) is 31.2 Å². The molecule has 0 saturated carbocycles. The molecule has 0 aliphatic carbocycles. The van der Waals surface area contributed by atoms with E-state index in [1.165, 1.54) is 0 Å². The Labute approximate surface area is 174 Å². The highest BCUT2D eigenvalue weighted by molar-refractivity contribution is 5.57. The second-order valence-corrected chi connectivity index (χ2v) is 8.15. The van der Waals surface area contributed by atoms with Gasteiger partial charge in [-0.1, -0.05) is 13.8 Å². The van der Waals surface area contributed by atoms with Gasteiger partial charge in [-0.2, -0.15) is 0 Å². The number of likely N-dealkylation sites (N-methyl/N-ethyl adjacent to an activating group) is 1. The van der Waals surface area contributed by atoms with Gasteiger partial charge < -0.3 is 19.7 Å². The monoisotopic (exact) mass is 401 g/mol. The van der Waals surface area contributed by atoms with E-state index in [1.54, 1.807) is 13.2 Å². The number of hydrogen-bond donors (Lipinski definition) is 2. The first-order valence-electron chi connectivity index (χ1n) is 10.1. The minimum atomic E-state index is 0.264. The fourth-order valence-electron chi connectivity index (χ4n) is 3.56. The molecule has 0 heterocycles. The van der Waals surface area contributed by atoms with Gasteiger partial charge >= 0.3 is 0 Å². The van der Waals surface area contributed by atoms with Crippen molar-refractivity contribution in [3.8, 4) is 23.0 Å². The van der Waals surface area contributed by atoms with Crippen LogP contribution in [0.4, 0.5) is 0 Å². The smallest absolute Gasteiger partial charge is 0.127 e. The number of methoxy groups -OCH3 is 1. The molecule has 5 nitrogen and oxygen atoms in total. The largest absolute Gasteiger partial charge is 0.508 e. The van der Waals surface area contributed by atoms with Crippen LogP contribution in [0.25, 0.3) is 0 Å². The normalized spacial score (nSPS) is 11.4. The van der Waals surface area contributed by atoms with Crippen molar-refractivity contribution in [3.05, 3.63) is 45.5 Å². The van der Waals surface area contributed by atoms with Crippen LogP contribution in [-0.2, 0) is 6.54 Å². The Kier molecular flexibility index (Phi) is 7.42. The van der Waals surface area contributed by atoms with Crippen molar-refractivity contribution in [2.24, 2.45) is 0 Å². The van der Waals surface area contributed by atoms with Crippen LogP contribution in [0.3, 0.4) is 0 Å². The average Bonchev–Trinajstić information content (AvgIpc) is 2.67. The highest BCUT2D eigenvalue weighted by Gasteiger charge is 2.19. The molecule has 0 amide bonds. The molecule has 29 heavy (non-hydrogen) atoms. The van der Waals surface area contributed by atoms with Gasteiger partial charge in [0.15, 0.2) is 0 Å². The van der Waals surface area contributed by atoms with E-state index >= 15 is 0 Å². The van der Waals surface area contributed by atoms with Crippen molar-refractivity contribution in [3.63, 3.8) is 0 Å². The second kappa shape index (κ2) is 9.40. The Morgan fingerprint density at radius 3 is 2.24 bits per heavy atom. The van der Waals surface area contributed by atoms with Gasteiger partial charge in [0.2, 0.25) is 0 Å². The van der Waals surface area contributed by atoms with Crippen molar-refractivity contribution >= 4 is 0 Å². The molecule has 2 aromatic carbocycles. The third-order valence-electron chi connectivity index (χ3n) is 5.65. The lowest BCUT2D eigenvalue weighted by Gasteiger charge is -2.23. The van der Waals surface area contributed by atoms with Crippen LogP contribution in [0.1, 0.15) is 53.1 Å². The van der Waals surface area contributed by atoms with Crippen molar-refractivity contribution in [1.29, 1.82) is 0 Å². The molecular formula is C24H35NO4. The quantitative estimate of drug-likeness (QED) is 0.654. The molecule has 0 bridgehead atoms. The van der Waals surface area contributed by atoms with E-state index in [4.69, 9.17) is 9.47 Å². The minimum Gasteiger partial charge on any atom is -0.508 e. The van der Waals surface area contributed by atoms with Gasteiger partial charge in [-0.25, -0.2) is 0 Å². The Morgan fingerprint density at radius 2 is 1.66 bits per heavy atom. The van der Waals surface area contributed by atoms with Crippen molar-refractivity contribution in [1.82, 2.24) is 4.90 Å². The molecule has 2 rings (SSSR count). The lowest BCUT2D eigenvalue weighted by atomic mass is 9.97. The third kappa shape index (κ3) is 4.96. The van der Waals surface area contributed by atoms with E-state index in [0.717, 1.165) is 44.9 Å². The zero-order valence-electron chi connectivity index (χ0n) is 19.0. The molecule has 2 N–H and O–H groups in total. The Hall–Kier alpha value is -2.40. The summed E-state index contributed by atoms with van der Waals surface area (Å²) in [6.07, 6.45) is 0. The molecule has 5 heteroatoms. The number of hydrogen-bond acceptors (Lipinski definition) is 5. The zero-order valence-corrected chi connectivity index (χ0v) is 19.0. The maximum absolute atomic E-state index is 10.4. The van der Waals surface area contributed by atoms with E-state index in [-0.39, 0.29) is 5.92 Å². The summed E-state index contributed by atoms with van der Waals surface area (Å²) in [5.74, 6) is 2.56. The molecule has 0 aliphatic rings. The van der Waals surface area contributed by atoms with Gasteiger partial charge in [-0.15, -0.1) is 0 Å². The maximum atomic E-state index is 10.4. The maximum Gasteiger partial charge on any atom is 0.127 e. The lowest BCUT2D eigenvalue weighted by molar-refractivity contribution is 0.228. The topological polar surface area (TPSA) is 62.2 Å². The number of rotatable bonds is 8. The number of aryl methyl sites for hydroxylation is 1. The fraction of sp³-hybridized carbons (Fsp3) is 0.500. The van der Waals surface area contributed by atoms with Gasteiger partial charge in [-0.05, 0) is 75.0 Å². The van der Waals surface area contributed by atoms with Crippen LogP contribution in [0.15, 0.2) is 12.1 Å². The van der Waals surface area contributed by atoms with Gasteiger partial charge in [0.05, 0.1) is 7.11 Å². The van der Waals surface area contributed by atoms with Gasteiger partial charge in [0, 0.05) is 24.2 Å². The van der Waals surface area contributed by atoms with Crippen LogP contribution in [0.5, 0.6) is 23.0 Å². The predicted molar refractivity (Wildman–Crippen MR) is 118 cm³/mol. The first kappa shape index (κ1) is 22.9. The Balaban J connectivity index is 2.11. The molecule has 0 radical (unpaired) electrons. The van der Waals surface area contributed by atoms with Gasteiger partial charge in [0.25, 0.3) is 0 Å². The second-order valence-electron chi connectivity index (χ2n) is 8.15. The number of phenolic OH excluding ortho intramolecular Hbond substituents is 2. The predicted octanol–water partition coefficient (Wildman–Crippen LogP) is 4.97. The number of phenols is 2. The van der Waals surface area contributed by atoms with Gasteiger partial charge in [0.1, 0.15) is 29.6 Å². The molecule has 2 aromatic rings. The van der Waals surface area contributed by atoms with Crippen LogP contribution < -0.4 is 9.47 Å². The number of nitrogens with zero attached hydrogens (tertiary/aromatic N) is 1. The SMILES string of the molecule is COc1c(C)c(C)c(O)c(C)c1CN(C)CCOc1cc(C)c(O)cc1C(C)C. The van der Waals surface area contributed by atoms with Crippen molar-refractivity contribution in [2.75, 3.05) is 27.3 Å². The summed E-state index contributed by atoms with van der Waals surface area (Å²) in [5, 5.41) is 20.4. The molecular weight excluding hydrogens is 366 g/mol. The van der Waals surface area contributed by atoms with Crippen LogP contribution >= 0.6 is 0 Å². The highest BCUT2D eigenvalue weighted by Crippen LogP contribution is 2.37. The van der Waals surface area contributed by atoms with Crippen LogP contribution in [0, 0.1) is 27.7 Å². The first-order chi connectivity index (χ1) is 13.6. The molecule has 0 fully saturated rings. The fourth-order valence-corrected chi connectivity index (χ4v) is 3.56. The summed E-state index contributed by atoms with van der Waals surface area (Å²) in [7, 11) is 3.70. The summed E-state index contributed by atoms with van der Waals surface area (Å²) in [4.78, 5) is 2.15. The molecule has 0 aliphatic heterocycles. The number of ether oxygens (including phenoxy) is 2. The van der Waals surface area contributed by atoms with E-state index in [2.05, 4.69) is 18.7 Å². The van der Waals surface area contributed by atoms with Crippen LogP contribution in [-0.4, -0.2) is 42.4 Å².